The van der Waals surface area contributed by atoms with Crippen LogP contribution in [-0.4, -0.2) is 26.3 Å². The molecule has 0 aromatic carbocycles. The van der Waals surface area contributed by atoms with Crippen molar-refractivity contribution in [3.05, 3.63) is 18.0 Å². The Balaban J connectivity index is 1.26. The quantitative estimate of drug-likeness (QED) is 0.683. The first kappa shape index (κ1) is 21.4. The Bertz CT molecular complexity index is 886. The number of hydrogen-bond donors (Lipinski definition) is 1. The zero-order chi connectivity index (χ0) is 22.3. The van der Waals surface area contributed by atoms with Gasteiger partial charge in [0, 0.05) is 12.1 Å². The predicted molar refractivity (Wildman–Crippen MR) is 125 cm³/mol. The first-order valence-corrected chi connectivity index (χ1v) is 13.5. The molecule has 0 bridgehead atoms. The number of ketones is 1. The molecule has 0 unspecified atom stereocenters. The third kappa shape index (κ3) is 3.42. The third-order valence-electron chi connectivity index (χ3n) is 11.0. The summed E-state index contributed by atoms with van der Waals surface area (Å²) in [6, 6.07) is 2.00. The van der Waals surface area contributed by atoms with Crippen molar-refractivity contribution in [3.8, 4) is 0 Å². The summed E-state index contributed by atoms with van der Waals surface area (Å²) in [6.07, 6.45) is 14.3. The Morgan fingerprint density at radius 3 is 2.50 bits per heavy atom. The van der Waals surface area contributed by atoms with Crippen molar-refractivity contribution in [2.45, 2.75) is 97.1 Å². The van der Waals surface area contributed by atoms with Crippen LogP contribution < -0.4 is 0 Å². The summed E-state index contributed by atoms with van der Waals surface area (Å²) in [4.78, 5) is 13.6. The predicted octanol–water partition coefficient (Wildman–Crippen LogP) is 5.42. The Morgan fingerprint density at radius 2 is 1.78 bits per heavy atom. The molecule has 0 radical (unpaired) electrons. The van der Waals surface area contributed by atoms with Crippen molar-refractivity contribution in [1.82, 2.24) is 9.78 Å². The molecular formula is C28H42N2O2. The summed E-state index contributed by atoms with van der Waals surface area (Å²) >= 11 is 0. The molecule has 5 aliphatic rings. The van der Waals surface area contributed by atoms with E-state index in [4.69, 9.17) is 0 Å². The van der Waals surface area contributed by atoms with E-state index in [1.807, 2.05) is 23.9 Å². The summed E-state index contributed by atoms with van der Waals surface area (Å²) in [5.74, 6) is 6.24. The molecule has 176 valence electrons. The summed E-state index contributed by atoms with van der Waals surface area (Å²) in [5, 5.41) is 15.2. The maximum Gasteiger partial charge on any atom is 0.157 e. The first-order chi connectivity index (χ1) is 15.2. The highest BCUT2D eigenvalue weighted by Gasteiger charge is 2.63. The van der Waals surface area contributed by atoms with E-state index in [1.54, 1.807) is 0 Å². The smallest absolute Gasteiger partial charge is 0.157 e. The molecule has 6 rings (SSSR count). The van der Waals surface area contributed by atoms with Crippen LogP contribution in [0.3, 0.4) is 0 Å². The molecule has 0 aliphatic heterocycles. The fraction of sp³-hybridized carbons (Fsp3) is 0.857. The van der Waals surface area contributed by atoms with Crippen molar-refractivity contribution >= 4 is 5.78 Å². The van der Waals surface area contributed by atoms with Crippen LogP contribution in [0.5, 0.6) is 0 Å². The van der Waals surface area contributed by atoms with Gasteiger partial charge in [0.25, 0.3) is 0 Å². The van der Waals surface area contributed by atoms with Crippen LogP contribution in [0, 0.1) is 59.7 Å². The number of carbonyl (C=O) groups is 1. The summed E-state index contributed by atoms with van der Waals surface area (Å²) < 4.78 is 1.87. The number of rotatable bonds is 4. The monoisotopic (exact) mass is 438 g/mol. The number of aryl methyl sites for hydroxylation is 1. The van der Waals surface area contributed by atoms with Gasteiger partial charge in [0.05, 0.1) is 17.8 Å². The first-order valence-electron chi connectivity index (χ1n) is 13.5. The normalized spacial score (nSPS) is 48.1. The third-order valence-corrected chi connectivity index (χ3v) is 11.0. The topological polar surface area (TPSA) is 55.1 Å². The van der Waals surface area contributed by atoms with E-state index in [1.165, 1.54) is 44.9 Å². The lowest BCUT2D eigenvalue weighted by Crippen LogP contribution is -2.52. The van der Waals surface area contributed by atoms with Crippen LogP contribution in [0.2, 0.25) is 0 Å². The van der Waals surface area contributed by atoms with Crippen molar-refractivity contribution in [1.29, 1.82) is 0 Å². The standard InChI is InChI=1S/C28H42N2O2/c1-17-10-13-30(29-17)16-25(31)24-14-23(18-4-5-18)26-22-7-6-19-15-27(2,32)11-8-20(19)21(22)9-12-28(24,26)3/h10,13,18-24,26,32H,4-9,11-12,14-16H2,1-3H3/t19-,20+,21-,22-,23+,24-,26-,27-,28-/m1/s1. The fourth-order valence-corrected chi connectivity index (χ4v) is 9.59. The number of hydrogen-bond acceptors (Lipinski definition) is 3. The molecule has 1 heterocycles. The number of fused-ring (bicyclic) bond motifs is 5. The van der Waals surface area contributed by atoms with E-state index >= 15 is 0 Å². The molecule has 4 nitrogen and oxygen atoms in total. The number of nitrogens with zero attached hydrogens (tertiary/aromatic N) is 2. The van der Waals surface area contributed by atoms with Gasteiger partial charge in [0.2, 0.25) is 0 Å². The molecule has 0 saturated heterocycles. The molecule has 32 heavy (non-hydrogen) atoms. The lowest BCUT2D eigenvalue weighted by atomic mass is 9.48. The Hall–Kier alpha value is -1.16. The molecule has 1 aromatic heterocycles. The van der Waals surface area contributed by atoms with Gasteiger partial charge in [-0.2, -0.15) is 5.10 Å². The largest absolute Gasteiger partial charge is 0.390 e. The van der Waals surface area contributed by atoms with Crippen molar-refractivity contribution in [2.24, 2.45) is 52.8 Å². The molecular weight excluding hydrogens is 396 g/mol. The summed E-state index contributed by atoms with van der Waals surface area (Å²) in [6.45, 7) is 7.01. The van der Waals surface area contributed by atoms with E-state index in [0.29, 0.717) is 12.3 Å². The van der Waals surface area contributed by atoms with Crippen molar-refractivity contribution in [2.75, 3.05) is 0 Å². The van der Waals surface area contributed by atoms with Gasteiger partial charge in [-0.05, 0) is 131 Å². The minimum atomic E-state index is -0.441. The highest BCUT2D eigenvalue weighted by atomic mass is 16.3. The zero-order valence-electron chi connectivity index (χ0n) is 20.3. The SMILES string of the molecule is Cc1ccn(CC(=O)[C@H]2C[C@@H](C3CC3)[C@H]3[C@@H]4CC[C@@H]5C[C@](C)(O)CC[C@@H]5[C@H]4CC[C@@]32C)n1. The van der Waals surface area contributed by atoms with Gasteiger partial charge < -0.3 is 5.11 Å². The average molecular weight is 439 g/mol. The van der Waals surface area contributed by atoms with Crippen molar-refractivity contribution in [3.63, 3.8) is 0 Å². The average Bonchev–Trinajstić information content (AvgIpc) is 3.42. The van der Waals surface area contributed by atoms with Crippen LogP contribution in [0.15, 0.2) is 12.3 Å². The molecule has 1 N–H and O–H groups in total. The van der Waals surface area contributed by atoms with Crippen LogP contribution in [-0.2, 0) is 11.3 Å². The van der Waals surface area contributed by atoms with Crippen LogP contribution in [0.25, 0.3) is 0 Å². The second-order valence-electron chi connectivity index (χ2n) is 13.0. The molecule has 5 saturated carbocycles. The number of Topliss-reactive ketones (excluding diaryl/α,β-unsaturated/α-hetero) is 1. The molecule has 1 aromatic rings. The minimum Gasteiger partial charge on any atom is -0.390 e. The summed E-state index contributed by atoms with van der Waals surface area (Å²) in [5.41, 5.74) is 0.734. The molecule has 4 heteroatoms. The van der Waals surface area contributed by atoms with E-state index in [2.05, 4.69) is 18.9 Å². The van der Waals surface area contributed by atoms with Gasteiger partial charge in [-0.3, -0.25) is 9.48 Å². The molecule has 0 amide bonds. The number of aliphatic hydroxyl groups is 1. The van der Waals surface area contributed by atoms with Gasteiger partial charge in [-0.25, -0.2) is 0 Å². The Kier molecular flexibility index (Phi) is 4.96. The minimum absolute atomic E-state index is 0.181. The number of carbonyl (C=O) groups excluding carboxylic acids is 1. The maximum atomic E-state index is 13.6. The Labute approximate surface area is 193 Å². The van der Waals surface area contributed by atoms with Gasteiger partial charge in [-0.15, -0.1) is 0 Å². The lowest BCUT2D eigenvalue weighted by molar-refractivity contribution is -0.134. The molecule has 9 atom stereocenters. The number of aromatic nitrogens is 2. The van der Waals surface area contributed by atoms with Gasteiger partial charge in [-0.1, -0.05) is 6.92 Å². The van der Waals surface area contributed by atoms with Gasteiger partial charge in [0.1, 0.15) is 0 Å². The van der Waals surface area contributed by atoms with E-state index in [0.717, 1.165) is 66.4 Å². The second kappa shape index (κ2) is 7.42. The van der Waals surface area contributed by atoms with E-state index < -0.39 is 5.60 Å². The highest BCUT2D eigenvalue weighted by Crippen LogP contribution is 2.69. The van der Waals surface area contributed by atoms with Crippen LogP contribution in [0.4, 0.5) is 0 Å². The Morgan fingerprint density at radius 1 is 1.03 bits per heavy atom. The second-order valence-corrected chi connectivity index (χ2v) is 13.0. The fourth-order valence-electron chi connectivity index (χ4n) is 9.59. The lowest BCUT2D eigenvalue weighted by Gasteiger charge is -2.57. The van der Waals surface area contributed by atoms with E-state index in [9.17, 15) is 9.90 Å². The van der Waals surface area contributed by atoms with Crippen LogP contribution in [0.1, 0.15) is 83.7 Å². The van der Waals surface area contributed by atoms with Crippen molar-refractivity contribution < 1.29 is 9.90 Å². The molecule has 5 fully saturated rings. The highest BCUT2D eigenvalue weighted by molar-refractivity contribution is 5.82. The van der Waals surface area contributed by atoms with Gasteiger partial charge in [0.15, 0.2) is 5.78 Å². The van der Waals surface area contributed by atoms with E-state index in [-0.39, 0.29) is 11.3 Å². The zero-order valence-corrected chi connectivity index (χ0v) is 20.3. The molecule has 0 spiro atoms. The summed E-state index contributed by atoms with van der Waals surface area (Å²) in [7, 11) is 0. The maximum absolute atomic E-state index is 13.6. The van der Waals surface area contributed by atoms with Crippen LogP contribution >= 0.6 is 0 Å². The van der Waals surface area contributed by atoms with Gasteiger partial charge >= 0.3 is 0 Å². The molecule has 5 aliphatic carbocycles.